The van der Waals surface area contributed by atoms with Crippen molar-refractivity contribution in [1.29, 1.82) is 0 Å². The summed E-state index contributed by atoms with van der Waals surface area (Å²) in [5.41, 5.74) is 0.132. The van der Waals surface area contributed by atoms with Gasteiger partial charge in [0, 0.05) is 49.2 Å². The van der Waals surface area contributed by atoms with Crippen molar-refractivity contribution >= 4 is 82.1 Å². The van der Waals surface area contributed by atoms with E-state index in [0.29, 0.717) is 23.3 Å². The number of hydrogen-bond donors (Lipinski definition) is 22. The van der Waals surface area contributed by atoms with Gasteiger partial charge in [-0.15, -0.1) is 0 Å². The number of carboxylic acids is 1. The Morgan fingerprint density at radius 3 is 1.58 bits per heavy atom. The van der Waals surface area contributed by atoms with Crippen LogP contribution in [-0.2, 0) is 102 Å². The molecule has 0 aliphatic carbocycles. The molecular formula is C68H88N5Na3O42S3. The molecule has 4 aromatic carbocycles. The number of aliphatic hydroxyl groups is 16. The van der Waals surface area contributed by atoms with Gasteiger partial charge < -0.3 is 179 Å². The number of ether oxygens (including phenoxy) is 11. The molecular weight excluding hydrogens is 1720 g/mol. The molecule has 4 amide bonds. The van der Waals surface area contributed by atoms with E-state index in [9.17, 15) is 150 Å². The van der Waals surface area contributed by atoms with Gasteiger partial charge in [-0.25, -0.2) is 30.0 Å². The number of rotatable bonds is 29. The van der Waals surface area contributed by atoms with E-state index in [1.165, 1.54) is 49.4 Å². The Kier molecular flexibility index (Phi) is 36.9. The van der Waals surface area contributed by atoms with Gasteiger partial charge in [-0.1, -0.05) is 24.3 Å². The summed E-state index contributed by atoms with van der Waals surface area (Å²) >= 11 is 0. The van der Waals surface area contributed by atoms with Crippen LogP contribution in [0.4, 0.5) is 11.4 Å². The Morgan fingerprint density at radius 2 is 1.03 bits per heavy atom. The largest absolute Gasteiger partial charge is 1.00 e. The third-order valence-electron chi connectivity index (χ3n) is 20.3. The number of carbonyl (C=O) groups excluding carboxylic acids is 4. The van der Waals surface area contributed by atoms with Gasteiger partial charge in [0.25, 0.3) is 11.7 Å². The minimum absolute atomic E-state index is 0. The average molecular weight is 1810 g/mol. The fourth-order valence-corrected chi connectivity index (χ4v) is 16.5. The second-order valence-electron chi connectivity index (χ2n) is 28.5. The van der Waals surface area contributed by atoms with Gasteiger partial charge in [-0.2, -0.15) is 0 Å². The maximum atomic E-state index is 13.8. The summed E-state index contributed by atoms with van der Waals surface area (Å²) in [5, 5.41) is 201. The molecule has 121 heavy (non-hydrogen) atoms. The van der Waals surface area contributed by atoms with Crippen LogP contribution in [0, 0.1) is 0 Å². The van der Waals surface area contributed by atoms with Crippen LogP contribution in [0.5, 0.6) is 0 Å². The van der Waals surface area contributed by atoms with Crippen molar-refractivity contribution in [3.05, 3.63) is 78.4 Å². The molecule has 6 saturated heterocycles. The molecule has 0 bridgehead atoms. The van der Waals surface area contributed by atoms with Crippen molar-refractivity contribution in [2.24, 2.45) is 0 Å². The second-order valence-corrected chi connectivity index (χ2v) is 32.6. The Bertz CT molecular complexity index is 4620. The van der Waals surface area contributed by atoms with Gasteiger partial charge in [-0.3, -0.25) is 19.2 Å². The summed E-state index contributed by atoms with van der Waals surface area (Å²) < 4.78 is 176. The van der Waals surface area contributed by atoms with Gasteiger partial charge in [0.05, 0.1) is 71.7 Å². The first kappa shape index (κ1) is 104. The first-order valence-electron chi connectivity index (χ1n) is 35.9. The van der Waals surface area contributed by atoms with Crippen LogP contribution in [-0.4, -0.2) is 378 Å². The minimum atomic E-state index is -5.79. The zero-order chi connectivity index (χ0) is 87.0. The number of carboxylic acid groups (broad SMARTS) is 1. The van der Waals surface area contributed by atoms with Crippen molar-refractivity contribution in [1.82, 2.24) is 16.0 Å². The van der Waals surface area contributed by atoms with E-state index in [1.54, 1.807) is 6.07 Å². The number of aliphatic carboxylic acids is 1. The fourth-order valence-electron chi connectivity index (χ4n) is 14.5. The number of carbonyl (C=O) groups is 5. The summed E-state index contributed by atoms with van der Waals surface area (Å²) in [7, 11) is -17.0. The maximum Gasteiger partial charge on any atom is 1.00 e. The van der Waals surface area contributed by atoms with E-state index in [0.717, 1.165) is 26.8 Å². The van der Waals surface area contributed by atoms with Crippen LogP contribution in [0.1, 0.15) is 44.5 Å². The molecule has 0 saturated carbocycles. The van der Waals surface area contributed by atoms with Crippen LogP contribution in [0.15, 0.2) is 87.5 Å². The first-order chi connectivity index (χ1) is 55.3. The standard InChI is InChI=1S/C68H91N5O42S3.3Na/c1-23-46(84)51(89)52(90)64(105-23)111-56-39(22-78)109-63(45(71-26(4)81)58(56)112-66-54(92)60(49(87)37(20-76)108-66)115-68(67(94)95)17-34(82)43(69-24(2)79)57(114-68)47(85)35(83)18-74)113-59-48(86)36(19-75)107-65(53(59)91)110-55-38(21-77)106-62(44(50(55)88)70-25(3)80)72-30-7-5-6-29(14-30)27-8-10-28(11-9-27)61(93)73-33-12-13-40(117(99,100)101)32-15-31(116(96,97)98)16-41(42(32)33)118(102,103)104;;;/h5-16,23,34-39,43-60,62-66,72,74-78,82-92H,17-22H2,1-4H3,(H,69,79)(H,70,80)(H,71,81)(H,73,93)(H,94,95)(H,96,97,98)(H,99,100,101)(H,102,103,104);;;/q;3*+1/p-3/t23-,34-,35-,36+,37+,38+,39+,43+,44+,45+,46+,47+,48-,49-,50+,51+,52-,53+,54+,55+,56+,57+,58+,59-,60-,62+,63-,64-,65?,66-,68-;;;/m0.../s1. The monoisotopic (exact) mass is 1810 g/mol. The van der Waals surface area contributed by atoms with Crippen molar-refractivity contribution in [3.63, 3.8) is 0 Å². The van der Waals surface area contributed by atoms with Crippen molar-refractivity contribution in [2.75, 3.05) is 43.7 Å². The summed E-state index contributed by atoms with van der Waals surface area (Å²) in [6.45, 7) is -1.78. The molecule has 31 atom stereocenters. The minimum Gasteiger partial charge on any atom is -0.744 e. The number of anilines is 2. The van der Waals surface area contributed by atoms with Gasteiger partial charge in [0.2, 0.25) is 17.7 Å². The third kappa shape index (κ3) is 23.3. The Hall–Kier alpha value is -4.06. The molecule has 53 heteroatoms. The molecule has 4 aromatic rings. The summed E-state index contributed by atoms with van der Waals surface area (Å²) in [6.07, 6.45) is -58.1. The predicted octanol–water partition coefficient (Wildman–Crippen LogP) is -19.5. The molecule has 6 heterocycles. The van der Waals surface area contributed by atoms with Crippen molar-refractivity contribution in [2.45, 2.75) is 238 Å². The summed E-state index contributed by atoms with van der Waals surface area (Å²) in [6, 6.07) is 7.74. The van der Waals surface area contributed by atoms with Crippen LogP contribution in [0.3, 0.4) is 0 Å². The van der Waals surface area contributed by atoms with E-state index < -0.39 is 320 Å². The number of amides is 4. The number of fused-ring (bicyclic) bond motifs is 1. The quantitative estimate of drug-likeness (QED) is 0.0177. The van der Waals surface area contributed by atoms with E-state index in [-0.39, 0.29) is 106 Å². The number of aliphatic hydroxyl groups excluding tert-OH is 16. The second kappa shape index (κ2) is 42.9. The van der Waals surface area contributed by atoms with Gasteiger partial charge in [-0.05, 0) is 66.6 Å². The molecule has 658 valence electrons. The Morgan fingerprint density at radius 1 is 0.521 bits per heavy atom. The maximum absolute atomic E-state index is 13.8. The number of hydrogen-bond acceptors (Lipinski definition) is 42. The van der Waals surface area contributed by atoms with Gasteiger partial charge in [0.15, 0.2) is 31.4 Å². The molecule has 6 aliphatic heterocycles. The summed E-state index contributed by atoms with van der Waals surface area (Å²) in [4.78, 5) is 61.9. The van der Waals surface area contributed by atoms with Crippen molar-refractivity contribution < 1.29 is 290 Å². The van der Waals surface area contributed by atoms with Gasteiger partial charge >= 0.3 is 94.6 Å². The molecule has 1 unspecified atom stereocenters. The van der Waals surface area contributed by atoms with E-state index in [1.807, 2.05) is 0 Å². The predicted molar refractivity (Wildman–Crippen MR) is 379 cm³/mol. The van der Waals surface area contributed by atoms with Crippen LogP contribution < -0.4 is 115 Å². The summed E-state index contributed by atoms with van der Waals surface area (Å²) in [5.74, 6) is -9.28. The normalized spacial score (nSPS) is 35.2. The Balaban J connectivity index is 0.00000672. The van der Waals surface area contributed by atoms with E-state index in [2.05, 4.69) is 26.6 Å². The molecule has 47 nitrogen and oxygen atoms in total. The average Bonchev–Trinajstić information content (AvgIpc) is 0.738. The molecule has 6 aliphatic rings. The SMILES string of the molecule is CC(=O)N[C@@H]1[C@@H](O)[C@H](OC2O[C@H](CO)[C@H](O)[C@H](O[C@@H]3O[C@H](CO)[C@@H](O[C@@H]4O[C@@H](C)[C@@H](O)[C@@H](O)[C@@H]4O)[C@H](O[C@@H]4O[C@H](CO)[C@H](O)[C@H](O[C@]5(C(=O)O)C[C@H](O)[C@@H](NC(C)=O)[C@H]([C@H](O)[C@@H](O)CO)O5)[C@H]4O)[C@H]3NC(C)=O)[C@H]2O)[C@@H](CO)O[C@H]1Nc1cccc(-c2ccc(C(=O)Nc3ccc(S(=O)(=O)[O-])c4cc(S(=O)(=O)[O-])cc(S(=O)(=O)[O-])c34)cc2)c1.[Na+].[Na+].[Na+]. The molecule has 0 spiro atoms. The molecule has 22 N–H and O–H groups in total. The molecule has 10 rings (SSSR count). The van der Waals surface area contributed by atoms with E-state index >= 15 is 0 Å². The third-order valence-corrected chi connectivity index (χ3v) is 22.9. The number of benzene rings is 4. The number of nitrogens with one attached hydrogen (secondary N) is 5. The zero-order valence-corrected chi connectivity index (χ0v) is 73.5. The van der Waals surface area contributed by atoms with Gasteiger partial charge in [0.1, 0.15) is 165 Å². The first-order valence-corrected chi connectivity index (χ1v) is 40.1. The smallest absolute Gasteiger partial charge is 0.744 e. The van der Waals surface area contributed by atoms with Crippen molar-refractivity contribution in [3.8, 4) is 11.1 Å². The molecule has 0 radical (unpaired) electrons. The van der Waals surface area contributed by atoms with E-state index in [4.69, 9.17) is 52.1 Å². The van der Waals surface area contributed by atoms with Crippen LogP contribution in [0.2, 0.25) is 0 Å². The Labute approximate surface area is 753 Å². The molecule has 0 aromatic heterocycles. The molecule has 6 fully saturated rings. The van der Waals surface area contributed by atoms with Crippen LogP contribution >= 0.6 is 0 Å². The fraction of sp³-hybridized carbons (Fsp3) is 0.603. The topological polar surface area (TPSA) is 763 Å². The van der Waals surface area contributed by atoms with Crippen LogP contribution in [0.25, 0.3) is 21.9 Å². The zero-order valence-electron chi connectivity index (χ0n) is 65.0.